The first kappa shape index (κ1) is 28.1. The van der Waals surface area contributed by atoms with Crippen LogP contribution in [0.2, 0.25) is 0 Å². The molecule has 0 aliphatic heterocycles. The van der Waals surface area contributed by atoms with Gasteiger partial charge in [0.25, 0.3) is 0 Å². The predicted octanol–water partition coefficient (Wildman–Crippen LogP) is 1.89. The minimum absolute atomic E-state index is 0.116. The topological polar surface area (TPSA) is 155 Å². The van der Waals surface area contributed by atoms with Crippen LogP contribution in [0.5, 0.6) is 11.5 Å². The lowest BCUT2D eigenvalue weighted by molar-refractivity contribution is 0.299. The lowest BCUT2D eigenvalue weighted by Gasteiger charge is -2.23. The van der Waals surface area contributed by atoms with Crippen LogP contribution in [-0.4, -0.2) is 65.6 Å². The molecule has 2 aromatic heterocycles. The monoisotopic (exact) mass is 544 g/mol. The molecule has 0 atom stereocenters. The molecule has 1 aromatic carbocycles. The van der Waals surface area contributed by atoms with Gasteiger partial charge < -0.3 is 20.9 Å². The average Bonchev–Trinajstić information content (AvgIpc) is 3.20. The van der Waals surface area contributed by atoms with Gasteiger partial charge in [-0.25, -0.2) is 28.1 Å². The van der Waals surface area contributed by atoms with Crippen molar-refractivity contribution in [1.82, 2.24) is 19.7 Å². The highest BCUT2D eigenvalue weighted by Gasteiger charge is 2.30. The summed E-state index contributed by atoms with van der Waals surface area (Å²) >= 11 is 2.49. The molecule has 15 heteroatoms. The standard InChI is InChI=1S/C21H26B2N6O4S3/c1-4-5-15-18(21(22,23)35-20-27-16(24)11-17(25)28-20)29-19(34-15)12-6-7-13(32-2)14(10-12)33-9-8-26-36(3,30)31/h6-7,10-11,26H,4-5,8-9H2,1-3H3,(H4,24,25,27,28). The Balaban J connectivity index is 1.91. The fraction of sp³-hybridized carbons (Fsp3) is 0.381. The zero-order valence-electron chi connectivity index (χ0n) is 20.1. The SMILES string of the molecule is [B]C([B])(Sc1nc(N)cc(N)n1)c1nc(-c2ccc(OC)c(OCCNS(C)(=O)=O)c2)sc1CCC. The van der Waals surface area contributed by atoms with Crippen molar-refractivity contribution < 1.29 is 17.9 Å². The first-order valence-corrected chi connectivity index (χ1v) is 14.4. The molecule has 0 aliphatic carbocycles. The van der Waals surface area contributed by atoms with Crippen LogP contribution in [0.3, 0.4) is 0 Å². The van der Waals surface area contributed by atoms with E-state index in [1.165, 1.54) is 24.5 Å². The van der Waals surface area contributed by atoms with Crippen LogP contribution < -0.4 is 25.7 Å². The largest absolute Gasteiger partial charge is 0.493 e. The van der Waals surface area contributed by atoms with Gasteiger partial charge in [0, 0.05) is 23.1 Å². The number of thioether (sulfide) groups is 1. The quantitative estimate of drug-likeness (QED) is 0.133. The van der Waals surface area contributed by atoms with E-state index in [2.05, 4.69) is 21.6 Å². The van der Waals surface area contributed by atoms with Gasteiger partial charge in [0.2, 0.25) is 10.0 Å². The summed E-state index contributed by atoms with van der Waals surface area (Å²) in [6, 6.07) is 6.83. The van der Waals surface area contributed by atoms with Crippen LogP contribution in [0.25, 0.3) is 10.6 Å². The molecule has 188 valence electrons. The highest BCUT2D eigenvalue weighted by molar-refractivity contribution is 8.02. The van der Waals surface area contributed by atoms with Crippen molar-refractivity contribution in [2.45, 2.75) is 29.5 Å². The summed E-state index contributed by atoms with van der Waals surface area (Å²) in [5.41, 5.74) is 12.8. The Morgan fingerprint density at radius 3 is 2.44 bits per heavy atom. The van der Waals surface area contributed by atoms with Crippen LogP contribution >= 0.6 is 23.1 Å². The van der Waals surface area contributed by atoms with Crippen LogP contribution in [0, 0.1) is 0 Å². The Bertz CT molecular complexity index is 1300. The molecule has 10 nitrogen and oxygen atoms in total. The smallest absolute Gasteiger partial charge is 0.208 e. The van der Waals surface area contributed by atoms with Gasteiger partial charge >= 0.3 is 0 Å². The van der Waals surface area contributed by atoms with E-state index in [9.17, 15) is 8.42 Å². The lowest BCUT2D eigenvalue weighted by Crippen LogP contribution is -2.26. The molecule has 0 saturated carbocycles. The lowest BCUT2D eigenvalue weighted by atomic mass is 9.67. The summed E-state index contributed by atoms with van der Waals surface area (Å²) < 4.78 is 34.7. The molecule has 0 amide bonds. The predicted molar refractivity (Wildman–Crippen MR) is 146 cm³/mol. The zero-order chi connectivity index (χ0) is 26.5. The van der Waals surface area contributed by atoms with Crippen molar-refractivity contribution in [2.24, 2.45) is 0 Å². The Hall–Kier alpha value is -2.48. The summed E-state index contributed by atoms with van der Waals surface area (Å²) in [5, 5.41) is 0.932. The number of nitrogens with zero attached hydrogens (tertiary/aromatic N) is 3. The highest BCUT2D eigenvalue weighted by Crippen LogP contribution is 2.42. The van der Waals surface area contributed by atoms with Gasteiger partial charge in [0.05, 0.1) is 34.8 Å². The number of thiazole rings is 1. The molecule has 0 saturated heterocycles. The third kappa shape index (κ3) is 7.51. The maximum absolute atomic E-state index is 11.3. The fourth-order valence-corrected chi connectivity index (χ4v) is 5.82. The van der Waals surface area contributed by atoms with Crippen LogP contribution in [0.1, 0.15) is 23.9 Å². The van der Waals surface area contributed by atoms with E-state index >= 15 is 0 Å². The molecule has 2 heterocycles. The van der Waals surface area contributed by atoms with Gasteiger partial charge in [-0.05, 0) is 29.2 Å². The second kappa shape index (κ2) is 11.7. The summed E-state index contributed by atoms with van der Waals surface area (Å²) in [4.78, 5) is 14.0. The van der Waals surface area contributed by atoms with E-state index < -0.39 is 14.6 Å². The number of hydrogen-bond donors (Lipinski definition) is 3. The number of benzene rings is 1. The molecule has 4 radical (unpaired) electrons. The van der Waals surface area contributed by atoms with Crippen molar-refractivity contribution >= 4 is 60.5 Å². The Morgan fingerprint density at radius 1 is 1.14 bits per heavy atom. The van der Waals surface area contributed by atoms with Crippen molar-refractivity contribution in [3.63, 3.8) is 0 Å². The molecule has 36 heavy (non-hydrogen) atoms. The highest BCUT2D eigenvalue weighted by atomic mass is 32.2. The molecule has 3 aromatic rings. The zero-order valence-corrected chi connectivity index (χ0v) is 22.6. The number of rotatable bonds is 12. The van der Waals surface area contributed by atoms with Crippen LogP contribution in [0.15, 0.2) is 29.4 Å². The van der Waals surface area contributed by atoms with E-state index in [-0.39, 0.29) is 29.9 Å². The number of nitrogens with two attached hydrogens (primary N) is 2. The minimum Gasteiger partial charge on any atom is -0.493 e. The molecule has 0 fully saturated rings. The third-order valence-corrected chi connectivity index (χ3v) is 7.47. The number of hydrogen-bond acceptors (Lipinski definition) is 11. The van der Waals surface area contributed by atoms with Crippen molar-refractivity contribution in [3.05, 3.63) is 34.8 Å². The summed E-state index contributed by atoms with van der Waals surface area (Å²) in [7, 11) is 11.2. The number of sulfonamides is 1. The number of anilines is 2. The maximum atomic E-state index is 11.3. The second-order valence-corrected chi connectivity index (χ2v) is 12.0. The molecule has 5 N–H and O–H groups in total. The Morgan fingerprint density at radius 2 is 1.83 bits per heavy atom. The number of aryl methyl sites for hydroxylation is 1. The third-order valence-electron chi connectivity index (χ3n) is 4.68. The average molecular weight is 544 g/mol. The number of nitrogens with one attached hydrogen (secondary N) is 1. The first-order valence-electron chi connectivity index (χ1n) is 10.8. The van der Waals surface area contributed by atoms with Crippen molar-refractivity contribution in [1.29, 1.82) is 0 Å². The van der Waals surface area contributed by atoms with Gasteiger partial charge in [-0.3, -0.25) is 0 Å². The number of aromatic nitrogens is 3. The molecular weight excluding hydrogens is 518 g/mol. The Labute approximate surface area is 221 Å². The van der Waals surface area contributed by atoms with E-state index in [1.54, 1.807) is 12.1 Å². The van der Waals surface area contributed by atoms with Crippen molar-refractivity contribution in [3.8, 4) is 22.1 Å². The van der Waals surface area contributed by atoms with Crippen LogP contribution in [-0.2, 0) is 21.0 Å². The molecule has 0 bridgehead atoms. The number of ether oxygens (including phenoxy) is 2. The van der Waals surface area contributed by atoms with Gasteiger partial charge in [0.15, 0.2) is 16.7 Å². The summed E-state index contributed by atoms with van der Waals surface area (Å²) in [6.45, 7) is 2.29. The number of methoxy groups -OCH3 is 1. The Kier molecular flexibility index (Phi) is 9.14. The van der Waals surface area contributed by atoms with Crippen LogP contribution in [0.4, 0.5) is 11.6 Å². The number of nitrogen functional groups attached to an aromatic ring is 2. The first-order chi connectivity index (χ1) is 16.9. The summed E-state index contributed by atoms with van der Waals surface area (Å²) in [6.07, 6.45) is 2.67. The fourth-order valence-electron chi connectivity index (χ4n) is 3.19. The molecular formula is C21H26B2N6O4S3. The molecule has 0 aliphatic rings. The van der Waals surface area contributed by atoms with E-state index in [0.29, 0.717) is 22.2 Å². The van der Waals surface area contributed by atoms with Gasteiger partial charge in [-0.2, -0.15) is 0 Å². The minimum atomic E-state index is -3.31. The van der Waals surface area contributed by atoms with Gasteiger partial charge in [0.1, 0.15) is 23.3 Å². The maximum Gasteiger partial charge on any atom is 0.208 e. The van der Waals surface area contributed by atoms with E-state index in [4.69, 9.17) is 41.6 Å². The normalized spacial score (nSPS) is 12.0. The van der Waals surface area contributed by atoms with Gasteiger partial charge in [-0.15, -0.1) is 11.3 Å². The van der Waals surface area contributed by atoms with Crippen molar-refractivity contribution in [2.75, 3.05) is 38.0 Å². The van der Waals surface area contributed by atoms with E-state index in [1.807, 2.05) is 6.07 Å². The molecule has 3 rings (SSSR count). The molecule has 0 spiro atoms. The van der Waals surface area contributed by atoms with E-state index in [0.717, 1.165) is 41.3 Å². The molecule has 0 unspecified atom stereocenters. The second-order valence-electron chi connectivity index (χ2n) is 7.82. The summed E-state index contributed by atoms with van der Waals surface area (Å²) in [5.74, 6) is 1.38. The van der Waals surface area contributed by atoms with Gasteiger partial charge in [-0.1, -0.05) is 25.1 Å².